The minimum atomic E-state index is -1.79. The van der Waals surface area contributed by atoms with Gasteiger partial charge in [0.2, 0.25) is 9.70 Å². The first-order valence-corrected chi connectivity index (χ1v) is 8.64. The first-order valence-electron chi connectivity index (χ1n) is 6.63. The lowest BCUT2D eigenvalue weighted by Crippen LogP contribution is -2.70. The number of nitrogens with zero attached hydrogens (tertiary/aromatic N) is 1. The summed E-state index contributed by atoms with van der Waals surface area (Å²) in [6.07, 6.45) is 0.827. The Bertz CT molecular complexity index is 658. The average Bonchev–Trinajstić information content (AvgIpc) is 2.49. The molecule has 0 radical (unpaired) electrons. The van der Waals surface area contributed by atoms with E-state index in [0.717, 1.165) is 18.0 Å². The Labute approximate surface area is 156 Å². The summed E-state index contributed by atoms with van der Waals surface area (Å²) < 4.78 is 3.14. The average molecular weight is 416 g/mol. The van der Waals surface area contributed by atoms with Crippen LogP contribution in [0.25, 0.3) is 0 Å². The second-order valence-corrected chi connectivity index (χ2v) is 8.73. The van der Waals surface area contributed by atoms with E-state index in [9.17, 15) is 19.5 Å². The quantitative estimate of drug-likeness (QED) is 0.317. The number of aliphatic hydroxyl groups is 1. The summed E-state index contributed by atoms with van der Waals surface area (Å²) in [4.78, 5) is 37.4. The second-order valence-electron chi connectivity index (χ2n) is 5.05. The van der Waals surface area contributed by atoms with Crippen molar-refractivity contribution < 1.29 is 24.2 Å². The van der Waals surface area contributed by atoms with Crippen molar-refractivity contribution >= 4 is 64.3 Å². The van der Waals surface area contributed by atoms with Crippen LogP contribution in [0.2, 0.25) is 0 Å². The van der Waals surface area contributed by atoms with Gasteiger partial charge in [-0.1, -0.05) is 46.6 Å². The third-order valence-corrected chi connectivity index (χ3v) is 5.01. The number of halogens is 3. The summed E-state index contributed by atoms with van der Waals surface area (Å²) in [5.41, 5.74) is 0.294. The number of β-lactam (4-membered cyclic amide) rings is 1. The highest BCUT2D eigenvalue weighted by Crippen LogP contribution is 2.46. The number of alkyl halides is 3. The molecule has 2 atom stereocenters. The van der Waals surface area contributed by atoms with E-state index < -0.39 is 33.7 Å². The van der Waals surface area contributed by atoms with Gasteiger partial charge in [0.25, 0.3) is 5.91 Å². The smallest absolute Gasteiger partial charge is 0.355 e. The van der Waals surface area contributed by atoms with Crippen molar-refractivity contribution in [1.82, 2.24) is 10.2 Å². The predicted molar refractivity (Wildman–Crippen MR) is 90.5 cm³/mol. The lowest BCUT2D eigenvalue weighted by atomic mass is 10.0. The summed E-state index contributed by atoms with van der Waals surface area (Å²) >= 11 is 17.8. The minimum Gasteiger partial charge on any atom is -0.514 e. The molecule has 1 saturated heterocycles. The van der Waals surface area contributed by atoms with Crippen molar-refractivity contribution in [2.24, 2.45) is 0 Å². The molecule has 0 aromatic heterocycles. The van der Waals surface area contributed by atoms with Crippen molar-refractivity contribution in [3.05, 3.63) is 22.4 Å². The lowest BCUT2D eigenvalue weighted by molar-refractivity contribution is -0.152. The van der Waals surface area contributed by atoms with Crippen LogP contribution in [0.15, 0.2) is 22.4 Å². The molecule has 24 heavy (non-hydrogen) atoms. The van der Waals surface area contributed by atoms with Crippen LogP contribution in [0.1, 0.15) is 13.8 Å². The molecule has 1 fully saturated rings. The molecular weight excluding hydrogens is 403 g/mol. The van der Waals surface area contributed by atoms with Gasteiger partial charge in [-0.05, 0) is 12.5 Å². The first-order chi connectivity index (χ1) is 11.1. The Morgan fingerprint density at radius 3 is 2.58 bits per heavy atom. The van der Waals surface area contributed by atoms with Crippen LogP contribution in [0.5, 0.6) is 0 Å². The maximum atomic E-state index is 12.3. The number of fused-ring (bicyclic) bond motifs is 1. The molecule has 11 heteroatoms. The van der Waals surface area contributed by atoms with Crippen LogP contribution in [0, 0.1) is 0 Å². The number of nitrogens with one attached hydrogen (secondary N) is 1. The van der Waals surface area contributed by atoms with Crippen LogP contribution in [0.4, 0.5) is 0 Å². The van der Waals surface area contributed by atoms with Gasteiger partial charge in [0, 0.05) is 11.8 Å². The minimum absolute atomic E-state index is 0.0556. The maximum absolute atomic E-state index is 12.3. The van der Waals surface area contributed by atoms with E-state index in [2.05, 4.69) is 5.32 Å². The molecule has 2 amide bonds. The van der Waals surface area contributed by atoms with Gasteiger partial charge < -0.3 is 15.2 Å². The number of carbonyl (C=O) groups excluding carboxylic acids is 3. The standard InChI is InChI=1S/C13H13Cl3N2O5S/c1-5-7(3-19)24-11-8(17-6(2)20)10(21)18(11)9(5)12(22)23-4-13(14,15)16/h3,8,11,19H,4H2,1-2H3,(H,17,20)/b7-3-/t8?,11-/m1/s1. The van der Waals surface area contributed by atoms with E-state index in [4.69, 9.17) is 39.5 Å². The number of esters is 1. The van der Waals surface area contributed by atoms with Gasteiger partial charge >= 0.3 is 5.97 Å². The van der Waals surface area contributed by atoms with Crippen LogP contribution < -0.4 is 5.32 Å². The summed E-state index contributed by atoms with van der Waals surface area (Å²) in [5.74, 6) is -1.70. The van der Waals surface area contributed by atoms with Gasteiger partial charge in [-0.2, -0.15) is 0 Å². The zero-order chi connectivity index (χ0) is 18.2. The number of allylic oxidation sites excluding steroid dienone is 1. The monoisotopic (exact) mass is 414 g/mol. The van der Waals surface area contributed by atoms with Crippen molar-refractivity contribution in [3.8, 4) is 0 Å². The van der Waals surface area contributed by atoms with Crippen LogP contribution in [0.3, 0.4) is 0 Å². The summed E-state index contributed by atoms with van der Waals surface area (Å²) in [6.45, 7) is 2.33. The predicted octanol–water partition coefficient (Wildman–Crippen LogP) is 1.99. The number of thioether (sulfide) groups is 1. The molecule has 0 spiro atoms. The third kappa shape index (κ3) is 3.77. The highest BCUT2D eigenvalue weighted by atomic mass is 35.6. The molecule has 0 aliphatic carbocycles. The number of ether oxygens (including phenoxy) is 1. The number of rotatable bonds is 3. The summed E-state index contributed by atoms with van der Waals surface area (Å²) in [7, 11) is 0. The fraction of sp³-hybridized carbons (Fsp3) is 0.462. The zero-order valence-corrected chi connectivity index (χ0v) is 15.6. The van der Waals surface area contributed by atoms with Gasteiger partial charge in [0.15, 0.2) is 0 Å². The van der Waals surface area contributed by atoms with Crippen molar-refractivity contribution in [1.29, 1.82) is 0 Å². The number of hydrogen-bond donors (Lipinski definition) is 2. The fourth-order valence-corrected chi connectivity index (χ4v) is 3.68. The molecule has 0 bridgehead atoms. The first kappa shape index (κ1) is 19.2. The van der Waals surface area contributed by atoms with Gasteiger partial charge in [-0.25, -0.2) is 4.79 Å². The topological polar surface area (TPSA) is 95.9 Å². The SMILES string of the molecule is CC(=O)NC1C(=O)N2C(C(=O)OCC(Cl)(Cl)Cl)=C(C)/C(=C/O)S[C@H]12. The van der Waals surface area contributed by atoms with Crippen LogP contribution in [-0.2, 0) is 19.1 Å². The van der Waals surface area contributed by atoms with E-state index in [1.54, 1.807) is 6.92 Å². The van der Waals surface area contributed by atoms with Gasteiger partial charge in [0.1, 0.15) is 23.7 Å². The Balaban J connectivity index is 2.29. The Hall–Kier alpha value is -1.09. The van der Waals surface area contributed by atoms with E-state index in [1.807, 2.05) is 0 Å². The molecule has 2 rings (SSSR count). The molecule has 2 aliphatic rings. The Kier molecular flexibility index (Phi) is 5.64. The van der Waals surface area contributed by atoms with Gasteiger partial charge in [0.05, 0.1) is 6.26 Å². The molecule has 1 unspecified atom stereocenters. The highest BCUT2D eigenvalue weighted by Gasteiger charge is 2.55. The zero-order valence-electron chi connectivity index (χ0n) is 12.5. The fourth-order valence-electron chi connectivity index (χ4n) is 2.28. The third-order valence-electron chi connectivity index (χ3n) is 3.29. The maximum Gasteiger partial charge on any atom is 0.355 e. The summed E-state index contributed by atoms with van der Waals surface area (Å²) in [5, 5.41) is 11.3. The second kappa shape index (κ2) is 7.03. The van der Waals surface area contributed by atoms with Crippen LogP contribution >= 0.6 is 46.6 Å². The molecule has 0 saturated carbocycles. The number of amides is 2. The lowest BCUT2D eigenvalue weighted by Gasteiger charge is -2.49. The number of carbonyl (C=O) groups is 3. The number of aliphatic hydroxyl groups excluding tert-OH is 1. The van der Waals surface area contributed by atoms with Crippen molar-refractivity contribution in [3.63, 3.8) is 0 Å². The summed E-state index contributed by atoms with van der Waals surface area (Å²) in [6, 6.07) is -0.800. The largest absolute Gasteiger partial charge is 0.514 e. The normalized spacial score (nSPS) is 25.3. The van der Waals surface area contributed by atoms with Crippen LogP contribution in [-0.4, -0.2) is 49.6 Å². The van der Waals surface area contributed by atoms with Crippen molar-refractivity contribution in [2.75, 3.05) is 6.61 Å². The van der Waals surface area contributed by atoms with E-state index in [0.29, 0.717) is 10.5 Å². The molecule has 132 valence electrons. The van der Waals surface area contributed by atoms with Gasteiger partial charge in [-0.15, -0.1) is 0 Å². The molecule has 0 aromatic carbocycles. The molecule has 7 nitrogen and oxygen atoms in total. The Morgan fingerprint density at radius 1 is 1.46 bits per heavy atom. The molecule has 0 aromatic rings. The molecule has 2 heterocycles. The van der Waals surface area contributed by atoms with E-state index in [-0.39, 0.29) is 11.6 Å². The van der Waals surface area contributed by atoms with E-state index >= 15 is 0 Å². The molecule has 2 aliphatic heterocycles. The highest BCUT2D eigenvalue weighted by molar-refractivity contribution is 8.04. The molecular formula is C13H13Cl3N2O5S. The number of hydrogen-bond acceptors (Lipinski definition) is 6. The Morgan fingerprint density at radius 2 is 2.08 bits per heavy atom. The molecule has 2 N–H and O–H groups in total. The van der Waals surface area contributed by atoms with E-state index in [1.165, 1.54) is 11.8 Å². The van der Waals surface area contributed by atoms with Gasteiger partial charge in [-0.3, -0.25) is 14.5 Å². The van der Waals surface area contributed by atoms with Crippen molar-refractivity contribution in [2.45, 2.75) is 29.1 Å².